The first-order valence-corrected chi connectivity index (χ1v) is 6.40. The fraction of sp³-hybridized carbons (Fsp3) is 0.571. The Kier molecular flexibility index (Phi) is 4.98. The molecule has 0 aromatic carbocycles. The molecule has 1 atom stereocenters. The molecule has 1 aromatic heterocycles. The highest BCUT2D eigenvalue weighted by Gasteiger charge is 2.19. The molecule has 18 heavy (non-hydrogen) atoms. The van der Waals surface area contributed by atoms with Gasteiger partial charge >= 0.3 is 6.01 Å². The smallest absolute Gasteiger partial charge is 0.316 e. The van der Waals surface area contributed by atoms with Gasteiger partial charge in [-0.1, -0.05) is 5.92 Å². The molecule has 0 N–H and O–H groups in total. The third-order valence-corrected chi connectivity index (χ3v) is 3.07. The molecule has 1 saturated heterocycles. The minimum Gasteiger partial charge on any atom is -0.463 e. The Morgan fingerprint density at radius 2 is 2.28 bits per heavy atom. The summed E-state index contributed by atoms with van der Waals surface area (Å²) in [5.74, 6) is 6.62. The van der Waals surface area contributed by atoms with Crippen molar-refractivity contribution in [1.82, 2.24) is 14.9 Å². The first-order chi connectivity index (χ1) is 8.88. The Morgan fingerprint density at radius 1 is 1.44 bits per heavy atom. The quantitative estimate of drug-likeness (QED) is 0.755. The second-order valence-corrected chi connectivity index (χ2v) is 4.51. The van der Waals surface area contributed by atoms with Crippen molar-refractivity contribution in [2.24, 2.45) is 5.92 Å². The average Bonchev–Trinajstić information content (AvgIpc) is 2.44. The number of ether oxygens (including phenoxy) is 1. The number of rotatable bonds is 4. The molecule has 1 unspecified atom stereocenters. The lowest BCUT2D eigenvalue weighted by Gasteiger charge is -2.30. The third-order valence-electron chi connectivity index (χ3n) is 3.07. The molecule has 1 fully saturated rings. The zero-order valence-electron chi connectivity index (χ0n) is 10.8. The van der Waals surface area contributed by atoms with Crippen molar-refractivity contribution in [2.45, 2.75) is 19.8 Å². The molecule has 1 aromatic rings. The van der Waals surface area contributed by atoms with Gasteiger partial charge in [-0.3, -0.25) is 4.90 Å². The van der Waals surface area contributed by atoms with Gasteiger partial charge in [0, 0.05) is 24.9 Å². The van der Waals surface area contributed by atoms with E-state index in [1.165, 1.54) is 12.8 Å². The van der Waals surface area contributed by atoms with Crippen LogP contribution in [-0.4, -0.2) is 41.1 Å². The predicted molar refractivity (Wildman–Crippen MR) is 70.1 cm³/mol. The molecule has 96 valence electrons. The van der Waals surface area contributed by atoms with Crippen molar-refractivity contribution in [3.63, 3.8) is 0 Å². The van der Waals surface area contributed by atoms with Crippen LogP contribution < -0.4 is 4.74 Å². The monoisotopic (exact) mass is 245 g/mol. The van der Waals surface area contributed by atoms with Crippen LogP contribution in [0.3, 0.4) is 0 Å². The Balaban J connectivity index is 1.77. The van der Waals surface area contributed by atoms with Crippen LogP contribution in [-0.2, 0) is 0 Å². The van der Waals surface area contributed by atoms with E-state index < -0.39 is 0 Å². The number of likely N-dealkylation sites (tertiary alicyclic amines) is 1. The van der Waals surface area contributed by atoms with Gasteiger partial charge in [0.15, 0.2) is 0 Å². The summed E-state index contributed by atoms with van der Waals surface area (Å²) in [5, 5.41) is 0. The SMILES string of the molecule is CC#CCN1CCCC(COc2ncccn2)C1. The van der Waals surface area contributed by atoms with E-state index in [2.05, 4.69) is 26.7 Å². The highest BCUT2D eigenvalue weighted by Crippen LogP contribution is 2.16. The molecule has 1 aliphatic heterocycles. The standard InChI is InChI=1S/C14H19N3O/c1-2-3-9-17-10-4-6-13(11-17)12-18-14-15-7-5-8-16-14/h5,7-8,13H,4,6,9-12H2,1H3. The van der Waals surface area contributed by atoms with E-state index in [1.54, 1.807) is 18.5 Å². The van der Waals surface area contributed by atoms with Gasteiger partial charge in [0.2, 0.25) is 0 Å². The molecule has 0 amide bonds. The van der Waals surface area contributed by atoms with Crippen LogP contribution in [0, 0.1) is 17.8 Å². The summed E-state index contributed by atoms with van der Waals surface area (Å²) in [5.41, 5.74) is 0. The van der Waals surface area contributed by atoms with Gasteiger partial charge in [0.25, 0.3) is 0 Å². The Hall–Kier alpha value is -1.60. The zero-order chi connectivity index (χ0) is 12.6. The Bertz CT molecular complexity index is 410. The largest absolute Gasteiger partial charge is 0.463 e. The Labute approximate surface area is 108 Å². The maximum atomic E-state index is 5.61. The minimum atomic E-state index is 0.475. The van der Waals surface area contributed by atoms with Crippen molar-refractivity contribution >= 4 is 0 Å². The molecule has 2 rings (SSSR count). The van der Waals surface area contributed by atoms with Gasteiger partial charge in [-0.25, -0.2) is 9.97 Å². The van der Waals surface area contributed by atoms with E-state index in [0.717, 1.165) is 19.6 Å². The van der Waals surface area contributed by atoms with E-state index in [-0.39, 0.29) is 0 Å². The first kappa shape index (κ1) is 12.8. The summed E-state index contributed by atoms with van der Waals surface area (Å²) in [6.07, 6.45) is 5.83. The fourth-order valence-electron chi connectivity index (χ4n) is 2.17. The predicted octanol–water partition coefficient (Wildman–Crippen LogP) is 1.59. The lowest BCUT2D eigenvalue weighted by atomic mass is 9.99. The highest BCUT2D eigenvalue weighted by molar-refractivity contribution is 4.98. The van der Waals surface area contributed by atoms with Crippen molar-refractivity contribution in [3.8, 4) is 17.9 Å². The Morgan fingerprint density at radius 3 is 3.06 bits per heavy atom. The second-order valence-electron chi connectivity index (χ2n) is 4.51. The van der Waals surface area contributed by atoms with Gasteiger partial charge in [-0.2, -0.15) is 0 Å². The summed E-state index contributed by atoms with van der Waals surface area (Å²) in [4.78, 5) is 10.5. The molecular formula is C14H19N3O. The van der Waals surface area contributed by atoms with Crippen LogP contribution in [0.5, 0.6) is 6.01 Å². The van der Waals surface area contributed by atoms with Crippen molar-refractivity contribution in [2.75, 3.05) is 26.2 Å². The molecule has 4 heteroatoms. The maximum absolute atomic E-state index is 5.61. The van der Waals surface area contributed by atoms with E-state index in [0.29, 0.717) is 18.5 Å². The van der Waals surface area contributed by atoms with Crippen LogP contribution in [0.2, 0.25) is 0 Å². The fourth-order valence-corrected chi connectivity index (χ4v) is 2.17. The molecule has 0 aliphatic carbocycles. The number of hydrogen-bond donors (Lipinski definition) is 0. The van der Waals surface area contributed by atoms with Gasteiger partial charge in [0.1, 0.15) is 0 Å². The van der Waals surface area contributed by atoms with Gasteiger partial charge in [-0.15, -0.1) is 5.92 Å². The highest BCUT2D eigenvalue weighted by atomic mass is 16.5. The average molecular weight is 245 g/mol. The van der Waals surface area contributed by atoms with Crippen LogP contribution in [0.15, 0.2) is 18.5 Å². The van der Waals surface area contributed by atoms with E-state index >= 15 is 0 Å². The summed E-state index contributed by atoms with van der Waals surface area (Å²) in [6, 6.07) is 2.27. The lowest BCUT2D eigenvalue weighted by molar-refractivity contribution is 0.136. The van der Waals surface area contributed by atoms with Gasteiger partial charge in [-0.05, 0) is 32.4 Å². The number of aromatic nitrogens is 2. The normalized spacial score (nSPS) is 19.9. The molecule has 0 saturated carbocycles. The summed E-state index contributed by atoms with van der Waals surface area (Å²) in [6.45, 7) is 5.65. The molecule has 0 bridgehead atoms. The van der Waals surface area contributed by atoms with Crippen molar-refractivity contribution < 1.29 is 4.74 Å². The topological polar surface area (TPSA) is 38.2 Å². The second kappa shape index (κ2) is 6.97. The van der Waals surface area contributed by atoms with Crippen LogP contribution >= 0.6 is 0 Å². The third kappa shape index (κ3) is 4.01. The molecule has 0 radical (unpaired) electrons. The van der Waals surface area contributed by atoms with Crippen molar-refractivity contribution in [3.05, 3.63) is 18.5 Å². The van der Waals surface area contributed by atoms with E-state index in [9.17, 15) is 0 Å². The molecule has 0 spiro atoms. The number of piperidine rings is 1. The van der Waals surface area contributed by atoms with Crippen LogP contribution in [0.4, 0.5) is 0 Å². The van der Waals surface area contributed by atoms with Gasteiger partial charge < -0.3 is 4.74 Å². The van der Waals surface area contributed by atoms with Crippen LogP contribution in [0.1, 0.15) is 19.8 Å². The molecular weight excluding hydrogens is 226 g/mol. The number of hydrogen-bond acceptors (Lipinski definition) is 4. The molecule has 4 nitrogen and oxygen atoms in total. The first-order valence-electron chi connectivity index (χ1n) is 6.40. The van der Waals surface area contributed by atoms with Gasteiger partial charge in [0.05, 0.1) is 13.2 Å². The number of nitrogens with zero attached hydrogens (tertiary/aromatic N) is 3. The summed E-state index contributed by atoms with van der Waals surface area (Å²) in [7, 11) is 0. The van der Waals surface area contributed by atoms with Crippen LogP contribution in [0.25, 0.3) is 0 Å². The molecule has 2 heterocycles. The van der Waals surface area contributed by atoms with Crippen molar-refractivity contribution in [1.29, 1.82) is 0 Å². The van der Waals surface area contributed by atoms with E-state index in [4.69, 9.17) is 4.74 Å². The summed E-state index contributed by atoms with van der Waals surface area (Å²) < 4.78 is 5.61. The molecule has 1 aliphatic rings. The minimum absolute atomic E-state index is 0.475. The zero-order valence-corrected chi connectivity index (χ0v) is 10.8. The lowest BCUT2D eigenvalue weighted by Crippen LogP contribution is -2.37. The van der Waals surface area contributed by atoms with E-state index in [1.807, 2.05) is 6.92 Å². The summed E-state index contributed by atoms with van der Waals surface area (Å²) >= 11 is 0. The maximum Gasteiger partial charge on any atom is 0.316 e.